The third-order valence-corrected chi connectivity index (χ3v) is 6.73. The first-order valence-electron chi connectivity index (χ1n) is 11.7. The molecule has 9 heteroatoms. The molecule has 1 aromatic heterocycles. The molecule has 2 atom stereocenters. The normalized spacial score (nSPS) is 12.8. The Kier molecular flexibility index (Phi) is 8.15. The predicted molar refractivity (Wildman–Crippen MR) is 143 cm³/mol. The summed E-state index contributed by atoms with van der Waals surface area (Å²) in [4.78, 5) is 12.3. The molecule has 8 nitrogen and oxygen atoms in total. The van der Waals surface area contributed by atoms with Crippen LogP contribution in [0, 0.1) is 5.92 Å². The average Bonchev–Trinajstić information content (AvgIpc) is 3.33. The van der Waals surface area contributed by atoms with Gasteiger partial charge in [0.2, 0.25) is 0 Å². The van der Waals surface area contributed by atoms with Crippen molar-refractivity contribution in [3.8, 4) is 22.6 Å². The largest absolute Gasteiger partial charge is 0.493 e. The van der Waals surface area contributed by atoms with Gasteiger partial charge in [-0.1, -0.05) is 50.2 Å². The number of carbonyl (C=O) groups excluding carboxylic acids is 1. The summed E-state index contributed by atoms with van der Waals surface area (Å²) in [5.74, 6) is 1.01. The van der Waals surface area contributed by atoms with Crippen LogP contribution < -0.4 is 13.8 Å². The van der Waals surface area contributed by atoms with E-state index in [9.17, 15) is 13.6 Å². The van der Waals surface area contributed by atoms with Crippen LogP contribution in [-0.4, -0.2) is 35.0 Å². The van der Waals surface area contributed by atoms with E-state index in [1.54, 1.807) is 33.1 Å². The van der Waals surface area contributed by atoms with Crippen molar-refractivity contribution >= 4 is 33.9 Å². The van der Waals surface area contributed by atoms with Crippen molar-refractivity contribution in [2.45, 2.75) is 26.5 Å². The number of rotatable bonds is 10. The maximum absolute atomic E-state index is 12.3. The first kappa shape index (κ1) is 26.2. The number of furan rings is 1. The number of methoxy groups -OCH3 is 2. The number of fused-ring (bicyclic) bond motifs is 1. The molecule has 0 spiro atoms. The molecule has 0 bridgehead atoms. The monoisotopic (exact) mass is 523 g/mol. The minimum absolute atomic E-state index is 0.250. The highest BCUT2D eigenvalue weighted by Gasteiger charge is 2.33. The minimum atomic E-state index is -2.42. The molecule has 4 aromatic rings. The van der Waals surface area contributed by atoms with Gasteiger partial charge in [0.25, 0.3) is 11.3 Å². The second kappa shape index (κ2) is 11.5. The summed E-state index contributed by atoms with van der Waals surface area (Å²) < 4.78 is 45.4. The van der Waals surface area contributed by atoms with Gasteiger partial charge in [-0.25, -0.2) is 9.00 Å². The maximum atomic E-state index is 12.3. The van der Waals surface area contributed by atoms with Gasteiger partial charge < -0.3 is 18.6 Å². The lowest BCUT2D eigenvalue weighted by Crippen LogP contribution is -2.46. The molecule has 0 aliphatic rings. The molecule has 3 aromatic carbocycles. The Bertz CT molecular complexity index is 1360. The fourth-order valence-electron chi connectivity index (χ4n) is 4.13. The van der Waals surface area contributed by atoms with Crippen LogP contribution in [0.3, 0.4) is 0 Å². The van der Waals surface area contributed by atoms with Crippen LogP contribution in [-0.2, 0) is 27.4 Å². The van der Waals surface area contributed by atoms with Gasteiger partial charge in [0.15, 0.2) is 11.5 Å². The number of nitrogens with zero attached hydrogens (tertiary/aromatic N) is 1. The summed E-state index contributed by atoms with van der Waals surface area (Å²) in [6.45, 7) is 3.84. The van der Waals surface area contributed by atoms with E-state index in [1.165, 1.54) is 7.11 Å². The van der Waals surface area contributed by atoms with E-state index < -0.39 is 23.3 Å². The van der Waals surface area contributed by atoms with Crippen LogP contribution >= 0.6 is 0 Å². The third-order valence-electron chi connectivity index (χ3n) is 5.96. The third kappa shape index (κ3) is 5.79. The number of carbonyl (C=O) groups is 1. The number of ether oxygens (including phenoxy) is 3. The molecule has 0 radical (unpaired) electrons. The van der Waals surface area contributed by atoms with E-state index in [0.29, 0.717) is 22.9 Å². The summed E-state index contributed by atoms with van der Waals surface area (Å²) in [6.07, 6.45) is 0. The smallest absolute Gasteiger partial charge is 0.329 e. The molecule has 0 saturated carbocycles. The van der Waals surface area contributed by atoms with Crippen LogP contribution in [0.5, 0.6) is 11.5 Å². The quantitative estimate of drug-likeness (QED) is 0.206. The van der Waals surface area contributed by atoms with E-state index >= 15 is 0 Å². The molecule has 37 heavy (non-hydrogen) atoms. The van der Waals surface area contributed by atoms with Gasteiger partial charge in [-0.05, 0) is 53.4 Å². The topological polar surface area (TPSA) is 98.4 Å². The van der Waals surface area contributed by atoms with Crippen molar-refractivity contribution in [3.05, 3.63) is 78.6 Å². The molecule has 0 fully saturated rings. The van der Waals surface area contributed by atoms with E-state index in [4.69, 9.17) is 18.6 Å². The minimum Gasteiger partial charge on any atom is -0.493 e. The van der Waals surface area contributed by atoms with Crippen molar-refractivity contribution in [3.63, 3.8) is 0 Å². The molecular weight excluding hydrogens is 494 g/mol. The molecule has 4 rings (SSSR count). The van der Waals surface area contributed by atoms with Gasteiger partial charge in [-0.3, -0.25) is 8.86 Å². The number of hydrogen-bond donors (Lipinski definition) is 1. The second-order valence-electron chi connectivity index (χ2n) is 8.72. The predicted octanol–water partition coefficient (Wildman–Crippen LogP) is 5.83. The Morgan fingerprint density at radius 3 is 2.30 bits per heavy atom. The van der Waals surface area contributed by atoms with Crippen LogP contribution in [0.15, 0.2) is 77.2 Å². The van der Waals surface area contributed by atoms with Gasteiger partial charge in [-0.2, -0.15) is 0 Å². The molecule has 194 valence electrons. The number of anilines is 1. The Morgan fingerprint density at radius 1 is 0.973 bits per heavy atom. The summed E-state index contributed by atoms with van der Waals surface area (Å²) in [6, 6.07) is 21.4. The first-order valence-corrected chi connectivity index (χ1v) is 12.8. The van der Waals surface area contributed by atoms with Crippen molar-refractivity contribution in [1.82, 2.24) is 0 Å². The lowest BCUT2D eigenvalue weighted by atomic mass is 10.0. The van der Waals surface area contributed by atoms with Gasteiger partial charge in [0, 0.05) is 5.39 Å². The molecule has 0 amide bonds. The summed E-state index contributed by atoms with van der Waals surface area (Å²) in [5.41, 5.74) is 2.95. The molecule has 0 saturated heterocycles. The Morgan fingerprint density at radius 2 is 1.68 bits per heavy atom. The van der Waals surface area contributed by atoms with Crippen molar-refractivity contribution < 1.29 is 32.2 Å². The van der Waals surface area contributed by atoms with Gasteiger partial charge in [0.05, 0.1) is 19.9 Å². The summed E-state index contributed by atoms with van der Waals surface area (Å²) in [7, 11) is 2.83. The zero-order valence-corrected chi connectivity index (χ0v) is 21.9. The van der Waals surface area contributed by atoms with E-state index in [1.807, 2.05) is 60.7 Å². The van der Waals surface area contributed by atoms with Gasteiger partial charge in [0.1, 0.15) is 24.0 Å². The first-order chi connectivity index (χ1) is 17.8. The van der Waals surface area contributed by atoms with Crippen molar-refractivity contribution in [1.29, 1.82) is 0 Å². The van der Waals surface area contributed by atoms with E-state index in [0.717, 1.165) is 26.4 Å². The SMILES string of the molecule is COC(=O)C(C(C)C)N(c1ccc(-c2ccc(OCc3cc4ccccc4o3)c(OC)c2)cc1)S(=O)O. The fourth-order valence-corrected chi connectivity index (χ4v) is 4.96. The number of benzene rings is 3. The van der Waals surface area contributed by atoms with Crippen LogP contribution in [0.2, 0.25) is 0 Å². The number of esters is 1. The molecule has 2 unspecified atom stereocenters. The van der Waals surface area contributed by atoms with E-state index in [-0.39, 0.29) is 12.5 Å². The highest BCUT2D eigenvalue weighted by molar-refractivity contribution is 7.80. The van der Waals surface area contributed by atoms with Crippen molar-refractivity contribution in [2.75, 3.05) is 18.5 Å². The van der Waals surface area contributed by atoms with Gasteiger partial charge in [-0.15, -0.1) is 0 Å². The van der Waals surface area contributed by atoms with Crippen LogP contribution in [0.1, 0.15) is 19.6 Å². The average molecular weight is 524 g/mol. The number of hydrogen-bond acceptors (Lipinski definition) is 6. The maximum Gasteiger partial charge on any atom is 0.329 e. The lowest BCUT2D eigenvalue weighted by Gasteiger charge is -2.30. The fraction of sp³-hybridized carbons (Fsp3) is 0.250. The van der Waals surface area contributed by atoms with Crippen LogP contribution in [0.25, 0.3) is 22.1 Å². The Hall–Kier alpha value is -3.82. The molecule has 0 aliphatic carbocycles. The molecule has 0 aliphatic heterocycles. The van der Waals surface area contributed by atoms with Crippen LogP contribution in [0.4, 0.5) is 5.69 Å². The molecular formula is C28H29NO7S. The van der Waals surface area contributed by atoms with Crippen molar-refractivity contribution in [2.24, 2.45) is 5.92 Å². The molecule has 1 heterocycles. The van der Waals surface area contributed by atoms with Gasteiger partial charge >= 0.3 is 5.97 Å². The zero-order valence-electron chi connectivity index (χ0n) is 21.0. The Labute approximate surface area is 218 Å². The number of para-hydroxylation sites is 1. The highest BCUT2D eigenvalue weighted by Crippen LogP contribution is 2.34. The second-order valence-corrected chi connectivity index (χ2v) is 9.58. The van der Waals surface area contributed by atoms with E-state index in [2.05, 4.69) is 0 Å². The highest BCUT2D eigenvalue weighted by atomic mass is 32.2. The molecule has 1 N–H and O–H groups in total. The zero-order chi connectivity index (χ0) is 26.5. The Balaban J connectivity index is 1.54. The summed E-state index contributed by atoms with van der Waals surface area (Å²) in [5, 5.41) is 1.02. The lowest BCUT2D eigenvalue weighted by molar-refractivity contribution is -0.142. The summed E-state index contributed by atoms with van der Waals surface area (Å²) >= 11 is -2.42. The standard InChI is InChI=1S/C28H29NO7S/c1-18(2)27(28(30)34-4)29(37(31)32)22-12-9-19(10-13-22)20-11-14-25(26(16-20)33-3)35-17-23-15-21-7-5-6-8-24(21)36-23/h5-16,18,27H,17H2,1-4H3,(H,31,32).